The molecule has 3 heterocycles. The number of nitrogens with zero attached hydrogens (tertiary/aromatic N) is 3. The predicted molar refractivity (Wildman–Crippen MR) is 78.8 cm³/mol. The molecule has 21 heavy (non-hydrogen) atoms. The zero-order chi connectivity index (χ0) is 14.8. The van der Waals surface area contributed by atoms with E-state index in [1.54, 1.807) is 13.0 Å². The number of likely N-dealkylation sites (tertiary alicyclic amines) is 1. The minimum atomic E-state index is -0.0515. The lowest BCUT2D eigenvalue weighted by molar-refractivity contribution is -0.117. The van der Waals surface area contributed by atoms with Crippen LogP contribution in [0, 0.1) is 6.92 Å². The normalized spacial score (nSPS) is 19.0. The number of aromatic nitrogens is 2. The number of rotatable bonds is 4. The molecule has 1 amide bonds. The molecule has 1 N–H and O–H groups in total. The summed E-state index contributed by atoms with van der Waals surface area (Å²) in [7, 11) is 2.05. The molecule has 0 saturated carbocycles. The number of amides is 1. The maximum absolute atomic E-state index is 12.1. The fourth-order valence-corrected chi connectivity index (χ4v) is 2.96. The lowest BCUT2D eigenvalue weighted by Gasteiger charge is -2.24. The number of carbonyl (C=O) groups excluding carboxylic acids is 1. The number of nitrogens with one attached hydrogen (secondary N) is 1. The summed E-state index contributed by atoms with van der Waals surface area (Å²) in [4.78, 5) is 14.4. The van der Waals surface area contributed by atoms with Gasteiger partial charge in [0.05, 0.1) is 12.6 Å². The zero-order valence-electron chi connectivity index (χ0n) is 12.4. The predicted octanol–water partition coefficient (Wildman–Crippen LogP) is 2.10. The van der Waals surface area contributed by atoms with Gasteiger partial charge in [-0.05, 0) is 38.4 Å². The van der Waals surface area contributed by atoms with Gasteiger partial charge in [-0.25, -0.2) is 0 Å². The van der Waals surface area contributed by atoms with Crippen molar-refractivity contribution < 1.29 is 9.32 Å². The molecule has 0 radical (unpaired) electrons. The van der Waals surface area contributed by atoms with E-state index in [0.717, 1.165) is 19.4 Å². The van der Waals surface area contributed by atoms with Crippen molar-refractivity contribution in [1.29, 1.82) is 0 Å². The lowest BCUT2D eigenvalue weighted by atomic mass is 10.1. The molecule has 1 aliphatic heterocycles. The number of hydrogen-bond donors (Lipinski definition) is 1. The van der Waals surface area contributed by atoms with Crippen molar-refractivity contribution in [3.05, 3.63) is 35.9 Å². The Morgan fingerprint density at radius 1 is 1.57 bits per heavy atom. The van der Waals surface area contributed by atoms with E-state index in [2.05, 4.69) is 26.0 Å². The third kappa shape index (κ3) is 3.00. The summed E-state index contributed by atoms with van der Waals surface area (Å²) in [5.41, 5.74) is 1.26. The van der Waals surface area contributed by atoms with Crippen LogP contribution in [0.2, 0.25) is 0 Å². The Morgan fingerprint density at radius 2 is 2.43 bits per heavy atom. The number of hydrogen-bond acceptors (Lipinski definition) is 4. The Hall–Kier alpha value is -2.08. The van der Waals surface area contributed by atoms with E-state index < -0.39 is 0 Å². The Kier molecular flexibility index (Phi) is 3.79. The minimum Gasteiger partial charge on any atom is -0.360 e. The number of carbonyl (C=O) groups is 1. The SMILES string of the molecule is Cc1cc(NC(=O)CN2CCC[C@H]2c2cccn2C)no1. The molecule has 0 aromatic carbocycles. The van der Waals surface area contributed by atoms with Gasteiger partial charge in [-0.15, -0.1) is 0 Å². The largest absolute Gasteiger partial charge is 0.360 e. The van der Waals surface area contributed by atoms with Crippen LogP contribution in [0.25, 0.3) is 0 Å². The van der Waals surface area contributed by atoms with Crippen molar-refractivity contribution in [3.63, 3.8) is 0 Å². The first kappa shape index (κ1) is 13.9. The lowest BCUT2D eigenvalue weighted by Crippen LogP contribution is -2.33. The summed E-state index contributed by atoms with van der Waals surface area (Å²) in [5.74, 6) is 1.12. The molecule has 112 valence electrons. The highest BCUT2D eigenvalue weighted by atomic mass is 16.5. The fraction of sp³-hybridized carbons (Fsp3) is 0.467. The van der Waals surface area contributed by atoms with Crippen LogP contribution in [0.3, 0.4) is 0 Å². The molecule has 2 aromatic rings. The van der Waals surface area contributed by atoms with E-state index >= 15 is 0 Å². The molecule has 0 aliphatic carbocycles. The zero-order valence-corrected chi connectivity index (χ0v) is 12.4. The third-order valence-electron chi connectivity index (χ3n) is 3.93. The van der Waals surface area contributed by atoms with E-state index in [-0.39, 0.29) is 5.91 Å². The average Bonchev–Trinajstić information content (AvgIpc) is 3.12. The van der Waals surface area contributed by atoms with Crippen LogP contribution >= 0.6 is 0 Å². The second kappa shape index (κ2) is 5.73. The van der Waals surface area contributed by atoms with Gasteiger partial charge >= 0.3 is 0 Å². The van der Waals surface area contributed by atoms with Crippen LogP contribution in [0.4, 0.5) is 5.82 Å². The highest BCUT2D eigenvalue weighted by Gasteiger charge is 2.29. The molecular weight excluding hydrogens is 268 g/mol. The van der Waals surface area contributed by atoms with Gasteiger partial charge in [-0.2, -0.15) is 0 Å². The van der Waals surface area contributed by atoms with Crippen molar-refractivity contribution in [2.24, 2.45) is 7.05 Å². The maximum Gasteiger partial charge on any atom is 0.239 e. The minimum absolute atomic E-state index is 0.0515. The van der Waals surface area contributed by atoms with Crippen molar-refractivity contribution in [2.45, 2.75) is 25.8 Å². The van der Waals surface area contributed by atoms with Gasteiger partial charge in [-0.3, -0.25) is 9.69 Å². The van der Waals surface area contributed by atoms with Crippen LogP contribution in [0.15, 0.2) is 28.9 Å². The molecule has 0 unspecified atom stereocenters. The highest BCUT2D eigenvalue weighted by Crippen LogP contribution is 2.31. The average molecular weight is 288 g/mol. The van der Waals surface area contributed by atoms with Crippen LogP contribution in [0.5, 0.6) is 0 Å². The summed E-state index contributed by atoms with van der Waals surface area (Å²) < 4.78 is 7.08. The summed E-state index contributed by atoms with van der Waals surface area (Å²) in [5, 5.41) is 6.56. The van der Waals surface area contributed by atoms with Gasteiger partial charge in [0.15, 0.2) is 5.82 Å². The first-order valence-electron chi connectivity index (χ1n) is 7.22. The molecule has 3 rings (SSSR count). The summed E-state index contributed by atoms with van der Waals surface area (Å²) >= 11 is 0. The van der Waals surface area contributed by atoms with Gasteiger partial charge < -0.3 is 14.4 Å². The molecule has 0 bridgehead atoms. The standard InChI is InChI=1S/C15H20N4O2/c1-11-9-14(17-21-11)16-15(20)10-19-8-4-6-13(19)12-5-3-7-18(12)2/h3,5,7,9,13H,4,6,8,10H2,1-2H3,(H,16,17,20)/t13-/m0/s1. The first-order valence-corrected chi connectivity index (χ1v) is 7.22. The van der Waals surface area contributed by atoms with Gasteiger partial charge in [0.25, 0.3) is 0 Å². The topological polar surface area (TPSA) is 63.3 Å². The summed E-state index contributed by atoms with van der Waals surface area (Å²) in [6.07, 6.45) is 4.25. The summed E-state index contributed by atoms with van der Waals surface area (Å²) in [6.45, 7) is 3.12. The first-order chi connectivity index (χ1) is 10.1. The van der Waals surface area contributed by atoms with Crippen LogP contribution in [0.1, 0.15) is 30.3 Å². The van der Waals surface area contributed by atoms with Gasteiger partial charge in [-0.1, -0.05) is 5.16 Å². The molecule has 6 nitrogen and oxygen atoms in total. The highest BCUT2D eigenvalue weighted by molar-refractivity contribution is 5.91. The van der Waals surface area contributed by atoms with Gasteiger partial charge in [0.1, 0.15) is 5.76 Å². The Morgan fingerprint density at radius 3 is 3.10 bits per heavy atom. The van der Waals surface area contributed by atoms with Crippen LogP contribution < -0.4 is 5.32 Å². The second-order valence-corrected chi connectivity index (χ2v) is 5.54. The number of aryl methyl sites for hydroxylation is 2. The van der Waals surface area contributed by atoms with E-state index in [0.29, 0.717) is 24.2 Å². The summed E-state index contributed by atoms with van der Waals surface area (Å²) in [6, 6.07) is 6.21. The van der Waals surface area contributed by atoms with Crippen molar-refractivity contribution >= 4 is 11.7 Å². The quantitative estimate of drug-likeness (QED) is 0.935. The van der Waals surface area contributed by atoms with Crippen LogP contribution in [-0.2, 0) is 11.8 Å². The Bertz CT molecular complexity index is 631. The number of anilines is 1. The molecule has 1 aliphatic rings. The molecule has 1 fully saturated rings. The second-order valence-electron chi connectivity index (χ2n) is 5.54. The van der Waals surface area contributed by atoms with E-state index in [9.17, 15) is 4.79 Å². The molecule has 0 spiro atoms. The fourth-order valence-electron chi connectivity index (χ4n) is 2.96. The van der Waals surface area contributed by atoms with Crippen molar-refractivity contribution in [3.8, 4) is 0 Å². The Balaban J connectivity index is 1.63. The third-order valence-corrected chi connectivity index (χ3v) is 3.93. The maximum atomic E-state index is 12.1. The molecule has 6 heteroatoms. The molecular formula is C15H20N4O2. The Labute approximate surface area is 123 Å². The smallest absolute Gasteiger partial charge is 0.239 e. The van der Waals surface area contributed by atoms with Crippen LogP contribution in [-0.4, -0.2) is 33.6 Å². The van der Waals surface area contributed by atoms with Gasteiger partial charge in [0, 0.05) is 25.0 Å². The van der Waals surface area contributed by atoms with E-state index in [1.807, 2.05) is 19.3 Å². The molecule has 1 atom stereocenters. The van der Waals surface area contributed by atoms with E-state index in [1.165, 1.54) is 5.69 Å². The van der Waals surface area contributed by atoms with Gasteiger partial charge in [0.2, 0.25) is 5.91 Å². The monoisotopic (exact) mass is 288 g/mol. The van der Waals surface area contributed by atoms with Crippen molar-refractivity contribution in [1.82, 2.24) is 14.6 Å². The molecule has 2 aromatic heterocycles. The molecule has 1 saturated heterocycles. The van der Waals surface area contributed by atoms with E-state index in [4.69, 9.17) is 4.52 Å². The van der Waals surface area contributed by atoms with Crippen molar-refractivity contribution in [2.75, 3.05) is 18.4 Å².